The molecule has 0 saturated heterocycles. The highest BCUT2D eigenvalue weighted by atomic mass is 32.1. The molecule has 0 atom stereocenters. The molecule has 1 aliphatic carbocycles. The van der Waals surface area contributed by atoms with Crippen LogP contribution < -0.4 is 11.1 Å². The number of thiazole rings is 1. The Morgan fingerprint density at radius 1 is 1.47 bits per heavy atom. The fourth-order valence-electron chi connectivity index (χ4n) is 2.33. The van der Waals surface area contributed by atoms with E-state index in [1.54, 1.807) is 5.51 Å². The summed E-state index contributed by atoms with van der Waals surface area (Å²) in [6.07, 6.45) is 5.93. The number of aromatic nitrogens is 1. The van der Waals surface area contributed by atoms with Crippen molar-refractivity contribution in [3.8, 4) is 0 Å². The zero-order valence-corrected chi connectivity index (χ0v) is 10.8. The molecule has 4 nitrogen and oxygen atoms in total. The highest BCUT2D eigenvalue weighted by Gasteiger charge is 2.29. The Morgan fingerprint density at radius 3 is 2.88 bits per heavy atom. The Labute approximate surface area is 106 Å². The second kappa shape index (κ2) is 5.60. The standard InChI is InChI=1S/C12H19N3OS/c13-12(4-2-1-3-5-12)6-11(16)14-7-10-8-17-9-15-10/h8-9H,1-7,13H2,(H,14,16). The van der Waals surface area contributed by atoms with Crippen molar-refractivity contribution in [1.82, 2.24) is 10.3 Å². The summed E-state index contributed by atoms with van der Waals surface area (Å²) in [6, 6.07) is 0. The Bertz CT molecular complexity index is 358. The number of nitrogens with one attached hydrogen (secondary N) is 1. The fraction of sp³-hybridized carbons (Fsp3) is 0.667. The van der Waals surface area contributed by atoms with Gasteiger partial charge >= 0.3 is 0 Å². The lowest BCUT2D eigenvalue weighted by atomic mass is 9.80. The normalized spacial score (nSPS) is 18.9. The number of amides is 1. The number of carbonyl (C=O) groups excluding carboxylic acids is 1. The van der Waals surface area contributed by atoms with E-state index in [0.717, 1.165) is 31.4 Å². The smallest absolute Gasteiger partial charge is 0.222 e. The fourth-order valence-corrected chi connectivity index (χ4v) is 2.89. The minimum absolute atomic E-state index is 0.0439. The van der Waals surface area contributed by atoms with Gasteiger partial charge in [-0.15, -0.1) is 11.3 Å². The van der Waals surface area contributed by atoms with Gasteiger partial charge in [-0.2, -0.15) is 0 Å². The number of carbonyl (C=O) groups is 1. The molecule has 1 aromatic heterocycles. The van der Waals surface area contributed by atoms with Crippen LogP contribution in [0.5, 0.6) is 0 Å². The monoisotopic (exact) mass is 253 g/mol. The van der Waals surface area contributed by atoms with Crippen molar-refractivity contribution in [2.75, 3.05) is 0 Å². The van der Waals surface area contributed by atoms with Crippen LogP contribution in [0.25, 0.3) is 0 Å². The maximum atomic E-state index is 11.8. The van der Waals surface area contributed by atoms with Gasteiger partial charge in [-0.1, -0.05) is 19.3 Å². The molecule has 0 unspecified atom stereocenters. The Kier molecular flexibility index (Phi) is 4.12. The van der Waals surface area contributed by atoms with Gasteiger partial charge in [0.25, 0.3) is 0 Å². The molecule has 1 heterocycles. The maximum Gasteiger partial charge on any atom is 0.222 e. The van der Waals surface area contributed by atoms with E-state index < -0.39 is 0 Å². The van der Waals surface area contributed by atoms with E-state index >= 15 is 0 Å². The molecule has 1 fully saturated rings. The average molecular weight is 253 g/mol. The summed E-state index contributed by atoms with van der Waals surface area (Å²) >= 11 is 1.54. The van der Waals surface area contributed by atoms with Gasteiger partial charge in [0.05, 0.1) is 17.7 Å². The SMILES string of the molecule is NC1(CC(=O)NCc2cscn2)CCCCC1. The second-order valence-corrected chi connectivity index (χ2v) is 5.58. The topological polar surface area (TPSA) is 68.0 Å². The Morgan fingerprint density at radius 2 is 2.24 bits per heavy atom. The molecule has 0 aromatic carbocycles. The summed E-state index contributed by atoms with van der Waals surface area (Å²) in [7, 11) is 0. The first-order chi connectivity index (χ1) is 8.18. The minimum Gasteiger partial charge on any atom is -0.350 e. The van der Waals surface area contributed by atoms with Crippen molar-refractivity contribution in [2.24, 2.45) is 5.73 Å². The first-order valence-electron chi connectivity index (χ1n) is 6.11. The zero-order chi connectivity index (χ0) is 12.1. The molecule has 1 aliphatic rings. The molecule has 0 bridgehead atoms. The van der Waals surface area contributed by atoms with Crippen LogP contribution in [0.4, 0.5) is 0 Å². The largest absolute Gasteiger partial charge is 0.350 e. The first-order valence-corrected chi connectivity index (χ1v) is 7.05. The average Bonchev–Trinajstić information content (AvgIpc) is 2.79. The number of rotatable bonds is 4. The Hall–Kier alpha value is -0.940. The molecule has 1 amide bonds. The van der Waals surface area contributed by atoms with E-state index in [9.17, 15) is 4.79 Å². The Balaban J connectivity index is 1.76. The van der Waals surface area contributed by atoms with Crippen molar-refractivity contribution >= 4 is 17.2 Å². The van der Waals surface area contributed by atoms with Gasteiger partial charge in [0.1, 0.15) is 0 Å². The molecule has 2 rings (SSSR count). The summed E-state index contributed by atoms with van der Waals surface area (Å²) in [4.78, 5) is 15.9. The van der Waals surface area contributed by atoms with Crippen LogP contribution in [0.3, 0.4) is 0 Å². The number of hydrogen-bond donors (Lipinski definition) is 2. The third-order valence-corrected chi connectivity index (χ3v) is 3.95. The van der Waals surface area contributed by atoms with Crippen LogP contribution in [-0.2, 0) is 11.3 Å². The third-order valence-electron chi connectivity index (χ3n) is 3.31. The summed E-state index contributed by atoms with van der Waals surface area (Å²) in [5, 5.41) is 4.83. The predicted octanol–water partition coefficient (Wildman–Crippen LogP) is 1.81. The second-order valence-electron chi connectivity index (χ2n) is 4.86. The number of hydrogen-bond acceptors (Lipinski definition) is 4. The minimum atomic E-state index is -0.273. The van der Waals surface area contributed by atoms with E-state index in [-0.39, 0.29) is 11.4 Å². The summed E-state index contributed by atoms with van der Waals surface area (Å²) in [5.41, 5.74) is 8.65. The molecule has 94 valence electrons. The van der Waals surface area contributed by atoms with Crippen molar-refractivity contribution < 1.29 is 4.79 Å². The van der Waals surface area contributed by atoms with Crippen molar-refractivity contribution in [2.45, 2.75) is 50.6 Å². The first kappa shape index (κ1) is 12.5. The highest BCUT2D eigenvalue weighted by molar-refractivity contribution is 7.07. The van der Waals surface area contributed by atoms with Crippen molar-refractivity contribution in [3.05, 3.63) is 16.6 Å². The molecule has 17 heavy (non-hydrogen) atoms. The van der Waals surface area contributed by atoms with Crippen molar-refractivity contribution in [3.63, 3.8) is 0 Å². The summed E-state index contributed by atoms with van der Waals surface area (Å²) in [5.74, 6) is 0.0439. The van der Waals surface area contributed by atoms with Gasteiger partial charge in [0.15, 0.2) is 0 Å². The van der Waals surface area contributed by atoms with Gasteiger partial charge in [-0.3, -0.25) is 4.79 Å². The molecule has 3 N–H and O–H groups in total. The highest BCUT2D eigenvalue weighted by Crippen LogP contribution is 2.28. The van der Waals surface area contributed by atoms with E-state index in [0.29, 0.717) is 13.0 Å². The van der Waals surface area contributed by atoms with Crippen LogP contribution in [0.15, 0.2) is 10.9 Å². The lowest BCUT2D eigenvalue weighted by Gasteiger charge is -2.32. The zero-order valence-electron chi connectivity index (χ0n) is 9.95. The van der Waals surface area contributed by atoms with E-state index in [1.807, 2.05) is 5.38 Å². The van der Waals surface area contributed by atoms with Crippen LogP contribution in [-0.4, -0.2) is 16.4 Å². The molecule has 0 aliphatic heterocycles. The summed E-state index contributed by atoms with van der Waals surface area (Å²) < 4.78 is 0. The van der Waals surface area contributed by atoms with Crippen molar-refractivity contribution in [1.29, 1.82) is 0 Å². The van der Waals surface area contributed by atoms with Gasteiger partial charge in [-0.05, 0) is 12.8 Å². The van der Waals surface area contributed by atoms with Gasteiger partial charge < -0.3 is 11.1 Å². The lowest BCUT2D eigenvalue weighted by Crippen LogP contribution is -2.45. The van der Waals surface area contributed by atoms with E-state index in [2.05, 4.69) is 10.3 Å². The van der Waals surface area contributed by atoms with Gasteiger partial charge in [0.2, 0.25) is 5.91 Å². The van der Waals surface area contributed by atoms with Crippen LogP contribution >= 0.6 is 11.3 Å². The third kappa shape index (κ3) is 3.78. The van der Waals surface area contributed by atoms with E-state index in [1.165, 1.54) is 17.8 Å². The molecule has 1 aromatic rings. The van der Waals surface area contributed by atoms with Gasteiger partial charge in [-0.25, -0.2) is 4.98 Å². The molecular formula is C12H19N3OS. The lowest BCUT2D eigenvalue weighted by molar-refractivity contribution is -0.122. The van der Waals surface area contributed by atoms with Crippen LogP contribution in [0.1, 0.15) is 44.2 Å². The maximum absolute atomic E-state index is 11.8. The predicted molar refractivity (Wildman–Crippen MR) is 68.6 cm³/mol. The van der Waals surface area contributed by atoms with E-state index in [4.69, 9.17) is 5.73 Å². The number of nitrogens with two attached hydrogens (primary N) is 1. The summed E-state index contributed by atoms with van der Waals surface area (Å²) in [6.45, 7) is 0.512. The van der Waals surface area contributed by atoms with Crippen LogP contribution in [0, 0.1) is 0 Å². The quantitative estimate of drug-likeness (QED) is 0.860. The molecule has 0 spiro atoms. The van der Waals surface area contributed by atoms with Crippen LogP contribution in [0.2, 0.25) is 0 Å². The molecule has 5 heteroatoms. The van der Waals surface area contributed by atoms with Gasteiger partial charge in [0, 0.05) is 17.3 Å². The molecular weight excluding hydrogens is 234 g/mol. The molecule has 0 radical (unpaired) electrons. The molecule has 1 saturated carbocycles. The number of nitrogens with zero attached hydrogens (tertiary/aromatic N) is 1.